The third kappa shape index (κ3) is 7.49. The van der Waals surface area contributed by atoms with Crippen LogP contribution in [0.15, 0.2) is 66.9 Å². The molecule has 0 spiro atoms. The van der Waals surface area contributed by atoms with Gasteiger partial charge in [-0.25, -0.2) is 9.78 Å². The predicted octanol–water partition coefficient (Wildman–Crippen LogP) is 7.12. The number of carbonyl (C=O) groups is 1. The summed E-state index contributed by atoms with van der Waals surface area (Å²) in [6, 6.07) is 17.6. The molecule has 2 heterocycles. The number of carbonyl (C=O) groups excluding carboxylic acids is 1. The molecule has 3 N–H and O–H groups in total. The molecule has 1 aliphatic heterocycles. The van der Waals surface area contributed by atoms with E-state index in [-0.39, 0.29) is 17.5 Å². The number of ether oxygens (including phenoxy) is 3. The number of aryl methyl sites for hydroxylation is 1. The van der Waals surface area contributed by atoms with Gasteiger partial charge in [0.2, 0.25) is 11.8 Å². The SMILES string of the molecule is COc1cc(C)ccc1Oc1nc(Nc2ccc(N3CCOCC3)cc2)ncc1NC(=O)Nc1cc(Cl)cc(Cl)c1. The van der Waals surface area contributed by atoms with Crippen LogP contribution in [-0.4, -0.2) is 49.4 Å². The molecule has 0 aliphatic carbocycles. The lowest BCUT2D eigenvalue weighted by atomic mass is 10.2. The van der Waals surface area contributed by atoms with Crippen molar-refractivity contribution in [2.24, 2.45) is 0 Å². The highest BCUT2D eigenvalue weighted by Gasteiger charge is 2.17. The number of anilines is 5. The second kappa shape index (κ2) is 12.9. The molecule has 41 heavy (non-hydrogen) atoms. The van der Waals surface area contributed by atoms with Gasteiger partial charge in [0.25, 0.3) is 0 Å². The molecular weight excluding hydrogens is 567 g/mol. The predicted molar refractivity (Wildman–Crippen MR) is 162 cm³/mol. The van der Waals surface area contributed by atoms with Gasteiger partial charge in [-0.15, -0.1) is 0 Å². The number of hydrogen-bond donors (Lipinski definition) is 3. The summed E-state index contributed by atoms with van der Waals surface area (Å²) in [5.41, 5.74) is 3.55. The standard InChI is InChI=1S/C29H28Cl2N6O4/c1-18-3-8-25(26(13-18)39-2)41-27-24(35-29(38)34-22-15-19(30)14-20(31)16-22)17-32-28(36-27)33-21-4-6-23(7-5-21)37-9-11-40-12-10-37/h3-8,13-17H,9-12H2,1-2H3,(H,32,33,36)(H2,34,35,38). The first kappa shape index (κ1) is 28.3. The van der Waals surface area contributed by atoms with E-state index in [2.05, 4.69) is 30.8 Å². The van der Waals surface area contributed by atoms with Crippen LogP contribution in [0.5, 0.6) is 17.4 Å². The highest BCUT2D eigenvalue weighted by atomic mass is 35.5. The smallest absolute Gasteiger partial charge is 0.323 e. The molecule has 1 saturated heterocycles. The molecule has 0 bridgehead atoms. The van der Waals surface area contributed by atoms with E-state index in [1.54, 1.807) is 31.4 Å². The van der Waals surface area contributed by atoms with E-state index < -0.39 is 6.03 Å². The summed E-state index contributed by atoms with van der Waals surface area (Å²) < 4.78 is 17.1. The van der Waals surface area contributed by atoms with Gasteiger partial charge in [0.1, 0.15) is 5.69 Å². The molecule has 1 aliphatic rings. The lowest BCUT2D eigenvalue weighted by molar-refractivity contribution is 0.122. The van der Waals surface area contributed by atoms with Crippen molar-refractivity contribution in [1.82, 2.24) is 9.97 Å². The molecule has 4 aromatic rings. The van der Waals surface area contributed by atoms with Crippen LogP contribution in [0.3, 0.4) is 0 Å². The largest absolute Gasteiger partial charge is 0.493 e. The quantitative estimate of drug-likeness (QED) is 0.198. The molecule has 0 radical (unpaired) electrons. The molecule has 10 nitrogen and oxygen atoms in total. The van der Waals surface area contributed by atoms with Crippen molar-refractivity contribution in [3.8, 4) is 17.4 Å². The first-order valence-electron chi connectivity index (χ1n) is 12.8. The number of halogens is 2. The first-order chi connectivity index (χ1) is 19.9. The minimum absolute atomic E-state index is 0.105. The van der Waals surface area contributed by atoms with Crippen molar-refractivity contribution in [3.63, 3.8) is 0 Å². The highest BCUT2D eigenvalue weighted by Crippen LogP contribution is 2.35. The minimum Gasteiger partial charge on any atom is -0.493 e. The van der Waals surface area contributed by atoms with Crippen LogP contribution in [0.1, 0.15) is 5.56 Å². The molecule has 2 amide bonds. The Balaban J connectivity index is 1.38. The molecule has 5 rings (SSSR count). The lowest BCUT2D eigenvalue weighted by Gasteiger charge is -2.28. The molecule has 0 atom stereocenters. The third-order valence-corrected chi connectivity index (χ3v) is 6.58. The number of methoxy groups -OCH3 is 1. The second-order valence-corrected chi connectivity index (χ2v) is 10.1. The average Bonchev–Trinajstić information content (AvgIpc) is 2.95. The van der Waals surface area contributed by atoms with Gasteiger partial charge in [0.05, 0.1) is 26.5 Å². The Morgan fingerprint density at radius 3 is 2.37 bits per heavy atom. The fraction of sp³-hybridized carbons (Fsp3) is 0.207. The van der Waals surface area contributed by atoms with Crippen molar-refractivity contribution >= 4 is 57.9 Å². The first-order valence-corrected chi connectivity index (χ1v) is 13.6. The molecule has 12 heteroatoms. The van der Waals surface area contributed by atoms with Crippen LogP contribution >= 0.6 is 23.2 Å². The second-order valence-electron chi connectivity index (χ2n) is 9.18. The van der Waals surface area contributed by atoms with Crippen molar-refractivity contribution in [1.29, 1.82) is 0 Å². The molecule has 0 saturated carbocycles. The van der Waals surface area contributed by atoms with Gasteiger partial charge in [-0.1, -0.05) is 29.3 Å². The molecule has 212 valence electrons. The number of nitrogens with zero attached hydrogens (tertiary/aromatic N) is 3. The maximum atomic E-state index is 12.8. The maximum absolute atomic E-state index is 12.8. The maximum Gasteiger partial charge on any atom is 0.323 e. The van der Waals surface area contributed by atoms with Crippen molar-refractivity contribution in [3.05, 3.63) is 82.5 Å². The summed E-state index contributed by atoms with van der Waals surface area (Å²) in [7, 11) is 1.55. The Morgan fingerprint density at radius 1 is 0.927 bits per heavy atom. The number of rotatable bonds is 8. The van der Waals surface area contributed by atoms with Gasteiger partial charge < -0.3 is 35.1 Å². The lowest BCUT2D eigenvalue weighted by Crippen LogP contribution is -2.36. The molecule has 1 fully saturated rings. The zero-order valence-electron chi connectivity index (χ0n) is 22.4. The van der Waals surface area contributed by atoms with E-state index in [9.17, 15) is 4.79 Å². The number of nitrogens with one attached hydrogen (secondary N) is 3. The summed E-state index contributed by atoms with van der Waals surface area (Å²) in [4.78, 5) is 24.1. The van der Waals surface area contributed by atoms with E-state index in [0.717, 1.165) is 30.0 Å². The van der Waals surface area contributed by atoms with E-state index >= 15 is 0 Å². The summed E-state index contributed by atoms with van der Waals surface area (Å²) in [5, 5.41) is 9.40. The number of aromatic nitrogens is 2. The number of morpholine rings is 1. The topological polar surface area (TPSA) is 110 Å². The molecule has 0 unspecified atom stereocenters. The zero-order chi connectivity index (χ0) is 28.8. The normalized spacial score (nSPS) is 12.9. The van der Waals surface area contributed by atoms with Crippen LogP contribution in [0.25, 0.3) is 0 Å². The van der Waals surface area contributed by atoms with Crippen molar-refractivity contribution in [2.75, 3.05) is 54.3 Å². The van der Waals surface area contributed by atoms with Crippen LogP contribution < -0.4 is 30.3 Å². The summed E-state index contributed by atoms with van der Waals surface area (Å²) in [6.45, 7) is 5.08. The number of urea groups is 1. The van der Waals surface area contributed by atoms with Crippen LogP contribution in [0, 0.1) is 6.92 Å². The van der Waals surface area contributed by atoms with Crippen LogP contribution in [0.2, 0.25) is 10.0 Å². The molecular formula is C29H28Cl2N6O4. The Kier molecular flexibility index (Phi) is 8.93. The average molecular weight is 595 g/mol. The summed E-state index contributed by atoms with van der Waals surface area (Å²) >= 11 is 12.1. The fourth-order valence-electron chi connectivity index (χ4n) is 4.17. The number of benzene rings is 3. The van der Waals surface area contributed by atoms with Gasteiger partial charge in [-0.3, -0.25) is 0 Å². The summed E-state index contributed by atoms with van der Waals surface area (Å²) in [5.74, 6) is 1.31. The Labute approximate surface area is 247 Å². The van der Waals surface area contributed by atoms with E-state index in [4.69, 9.17) is 37.4 Å². The van der Waals surface area contributed by atoms with Gasteiger partial charge in [-0.05, 0) is 67.1 Å². The molecule has 3 aromatic carbocycles. The van der Waals surface area contributed by atoms with Crippen LogP contribution in [-0.2, 0) is 4.74 Å². The minimum atomic E-state index is -0.563. The number of amides is 2. The van der Waals surface area contributed by atoms with Gasteiger partial charge in [0, 0.05) is 40.2 Å². The van der Waals surface area contributed by atoms with Crippen molar-refractivity contribution < 1.29 is 19.0 Å². The zero-order valence-corrected chi connectivity index (χ0v) is 23.9. The summed E-state index contributed by atoms with van der Waals surface area (Å²) in [6.07, 6.45) is 1.46. The van der Waals surface area contributed by atoms with E-state index in [1.807, 2.05) is 43.3 Å². The van der Waals surface area contributed by atoms with E-state index in [1.165, 1.54) is 6.20 Å². The van der Waals surface area contributed by atoms with Crippen LogP contribution in [0.4, 0.5) is 33.5 Å². The van der Waals surface area contributed by atoms with E-state index in [0.29, 0.717) is 40.4 Å². The van der Waals surface area contributed by atoms with Gasteiger partial charge in [0.15, 0.2) is 11.5 Å². The third-order valence-electron chi connectivity index (χ3n) is 6.15. The number of hydrogen-bond acceptors (Lipinski definition) is 8. The fourth-order valence-corrected chi connectivity index (χ4v) is 4.70. The Hall–Kier alpha value is -4.25. The molecule has 1 aromatic heterocycles. The Bertz CT molecular complexity index is 1510. The monoisotopic (exact) mass is 594 g/mol. The highest BCUT2D eigenvalue weighted by molar-refractivity contribution is 6.35. The van der Waals surface area contributed by atoms with Gasteiger partial charge in [-0.2, -0.15) is 4.98 Å². The van der Waals surface area contributed by atoms with Crippen molar-refractivity contribution in [2.45, 2.75) is 6.92 Å². The Morgan fingerprint density at radius 2 is 1.66 bits per heavy atom. The van der Waals surface area contributed by atoms with Gasteiger partial charge >= 0.3 is 6.03 Å².